The number of para-hydroxylation sites is 2. The lowest BCUT2D eigenvalue weighted by molar-refractivity contribution is 0.0953. The van der Waals surface area contributed by atoms with Crippen molar-refractivity contribution in [2.45, 2.75) is 31.6 Å². The van der Waals surface area contributed by atoms with Crippen molar-refractivity contribution < 1.29 is 17.9 Å². The summed E-state index contributed by atoms with van der Waals surface area (Å²) in [5.74, 6) is 0.252. The van der Waals surface area contributed by atoms with E-state index in [0.29, 0.717) is 30.2 Å². The molecule has 2 aromatic rings. The minimum atomic E-state index is -3.78. The first kappa shape index (κ1) is 19.8. The number of ether oxygens (including phenoxy) is 1. The molecule has 140 valence electrons. The fourth-order valence-corrected chi connectivity index (χ4v) is 3.37. The molecule has 0 heterocycles. The number of sulfonamides is 1. The van der Waals surface area contributed by atoms with Crippen LogP contribution in [0, 0.1) is 0 Å². The molecule has 26 heavy (non-hydrogen) atoms. The van der Waals surface area contributed by atoms with Gasteiger partial charge >= 0.3 is 0 Å². The Labute approximate surface area is 154 Å². The lowest BCUT2D eigenvalue weighted by Crippen LogP contribution is -2.24. The Balaban J connectivity index is 2.13. The highest BCUT2D eigenvalue weighted by molar-refractivity contribution is 7.92. The van der Waals surface area contributed by atoms with Crippen molar-refractivity contribution in [2.24, 2.45) is 0 Å². The lowest BCUT2D eigenvalue weighted by Gasteiger charge is -2.13. The van der Waals surface area contributed by atoms with Gasteiger partial charge in [-0.3, -0.25) is 9.52 Å². The number of benzene rings is 2. The standard InChI is InChI=1S/C19H24N2O4S/c1-3-5-14-20-19(22)15-10-12-16(13-11-15)26(23,24)21-17-8-6-7-9-18(17)25-4-2/h6-13,21H,3-5,14H2,1-2H3,(H,20,22). The third-order valence-corrected chi connectivity index (χ3v) is 5.06. The van der Waals surface area contributed by atoms with E-state index in [1.54, 1.807) is 24.3 Å². The first-order chi connectivity index (χ1) is 12.5. The molecule has 0 aromatic heterocycles. The molecule has 0 aliphatic rings. The molecular weight excluding hydrogens is 352 g/mol. The summed E-state index contributed by atoms with van der Waals surface area (Å²) < 4.78 is 33.1. The third kappa shape index (κ3) is 5.23. The van der Waals surface area contributed by atoms with E-state index in [1.807, 2.05) is 13.8 Å². The maximum Gasteiger partial charge on any atom is 0.262 e. The van der Waals surface area contributed by atoms with Crippen molar-refractivity contribution in [3.8, 4) is 5.75 Å². The highest BCUT2D eigenvalue weighted by Crippen LogP contribution is 2.26. The molecule has 1 amide bonds. The Kier molecular flexibility index (Phi) is 7.03. The molecule has 0 atom stereocenters. The average Bonchev–Trinajstić information content (AvgIpc) is 2.63. The molecule has 0 fully saturated rings. The highest BCUT2D eigenvalue weighted by atomic mass is 32.2. The Bertz CT molecular complexity index is 833. The number of unbranched alkanes of at least 4 members (excludes halogenated alkanes) is 1. The minimum absolute atomic E-state index is 0.0777. The van der Waals surface area contributed by atoms with Gasteiger partial charge in [-0.2, -0.15) is 0 Å². The third-order valence-electron chi connectivity index (χ3n) is 3.67. The molecule has 2 rings (SSSR count). The predicted octanol–water partition coefficient (Wildman–Crippen LogP) is 3.42. The molecule has 6 nitrogen and oxygen atoms in total. The van der Waals surface area contributed by atoms with Crippen LogP contribution in [-0.2, 0) is 10.0 Å². The second-order valence-electron chi connectivity index (χ2n) is 5.67. The quantitative estimate of drug-likeness (QED) is 0.657. The Morgan fingerprint density at radius 3 is 2.38 bits per heavy atom. The maximum absolute atomic E-state index is 12.6. The number of carbonyl (C=O) groups is 1. The van der Waals surface area contributed by atoms with Crippen LogP contribution < -0.4 is 14.8 Å². The van der Waals surface area contributed by atoms with Gasteiger partial charge in [-0.15, -0.1) is 0 Å². The molecule has 0 radical (unpaired) electrons. The fraction of sp³-hybridized carbons (Fsp3) is 0.316. The van der Waals surface area contributed by atoms with Gasteiger partial charge in [0.1, 0.15) is 5.75 Å². The monoisotopic (exact) mass is 376 g/mol. The number of anilines is 1. The van der Waals surface area contributed by atoms with Gasteiger partial charge in [-0.25, -0.2) is 8.42 Å². The van der Waals surface area contributed by atoms with Gasteiger partial charge in [0, 0.05) is 12.1 Å². The molecule has 0 aliphatic heterocycles. The normalized spacial score (nSPS) is 11.0. The molecule has 0 saturated carbocycles. The van der Waals surface area contributed by atoms with Crippen LogP contribution in [0.15, 0.2) is 53.4 Å². The topological polar surface area (TPSA) is 84.5 Å². The van der Waals surface area contributed by atoms with Crippen molar-refractivity contribution in [3.63, 3.8) is 0 Å². The van der Waals surface area contributed by atoms with Crippen molar-refractivity contribution in [3.05, 3.63) is 54.1 Å². The SMILES string of the molecule is CCCCNC(=O)c1ccc(S(=O)(=O)Nc2ccccc2OCC)cc1. The zero-order valence-electron chi connectivity index (χ0n) is 15.0. The van der Waals surface area contributed by atoms with Crippen LogP contribution in [0.5, 0.6) is 5.75 Å². The molecule has 0 bridgehead atoms. The van der Waals surface area contributed by atoms with Gasteiger partial charge in [0.05, 0.1) is 17.2 Å². The van der Waals surface area contributed by atoms with Gasteiger partial charge in [0.15, 0.2) is 0 Å². The van der Waals surface area contributed by atoms with Gasteiger partial charge in [-0.05, 0) is 49.7 Å². The molecule has 7 heteroatoms. The van der Waals surface area contributed by atoms with Crippen LogP contribution in [0.4, 0.5) is 5.69 Å². The maximum atomic E-state index is 12.6. The molecule has 0 aliphatic carbocycles. The van der Waals surface area contributed by atoms with Crippen LogP contribution in [-0.4, -0.2) is 27.5 Å². The van der Waals surface area contributed by atoms with Crippen LogP contribution in [0.2, 0.25) is 0 Å². The second kappa shape index (κ2) is 9.24. The van der Waals surface area contributed by atoms with Crippen LogP contribution >= 0.6 is 0 Å². The summed E-state index contributed by atoms with van der Waals surface area (Å²) >= 11 is 0. The van der Waals surface area contributed by atoms with Gasteiger partial charge in [0.2, 0.25) is 0 Å². The van der Waals surface area contributed by atoms with Crippen LogP contribution in [0.3, 0.4) is 0 Å². The summed E-state index contributed by atoms with van der Waals surface area (Å²) in [6, 6.07) is 12.7. The van der Waals surface area contributed by atoms with E-state index < -0.39 is 10.0 Å². The summed E-state index contributed by atoms with van der Waals surface area (Å²) in [7, 11) is -3.78. The van der Waals surface area contributed by atoms with E-state index in [2.05, 4.69) is 10.0 Å². The number of carbonyl (C=O) groups excluding carboxylic acids is 1. The molecule has 0 spiro atoms. The Hall–Kier alpha value is -2.54. The zero-order valence-corrected chi connectivity index (χ0v) is 15.8. The summed E-state index contributed by atoms with van der Waals surface area (Å²) in [5.41, 5.74) is 0.797. The number of nitrogens with one attached hydrogen (secondary N) is 2. The van der Waals surface area contributed by atoms with E-state index in [4.69, 9.17) is 4.74 Å². The van der Waals surface area contributed by atoms with Gasteiger partial charge < -0.3 is 10.1 Å². The van der Waals surface area contributed by atoms with Gasteiger partial charge in [-0.1, -0.05) is 25.5 Å². The smallest absolute Gasteiger partial charge is 0.262 e. The van der Waals surface area contributed by atoms with Crippen molar-refractivity contribution in [1.29, 1.82) is 0 Å². The van der Waals surface area contributed by atoms with Gasteiger partial charge in [0.25, 0.3) is 15.9 Å². The summed E-state index contributed by atoms with van der Waals surface area (Å²) in [4.78, 5) is 12.1. The number of rotatable bonds is 9. The minimum Gasteiger partial charge on any atom is -0.492 e. The van der Waals surface area contributed by atoms with Crippen LogP contribution in [0.25, 0.3) is 0 Å². The molecule has 2 aromatic carbocycles. The first-order valence-electron chi connectivity index (χ1n) is 8.60. The molecule has 0 unspecified atom stereocenters. The van der Waals surface area contributed by atoms with E-state index in [1.165, 1.54) is 24.3 Å². The highest BCUT2D eigenvalue weighted by Gasteiger charge is 2.17. The summed E-state index contributed by atoms with van der Waals surface area (Å²) in [5, 5.41) is 2.80. The van der Waals surface area contributed by atoms with Crippen LogP contribution in [0.1, 0.15) is 37.0 Å². The molecular formula is C19H24N2O4S. The lowest BCUT2D eigenvalue weighted by atomic mass is 10.2. The van der Waals surface area contributed by atoms with Crippen molar-refractivity contribution >= 4 is 21.6 Å². The first-order valence-corrected chi connectivity index (χ1v) is 10.1. The van der Waals surface area contributed by atoms with E-state index >= 15 is 0 Å². The van der Waals surface area contributed by atoms with Crippen molar-refractivity contribution in [2.75, 3.05) is 17.9 Å². The summed E-state index contributed by atoms with van der Waals surface area (Å²) in [6.45, 7) is 4.91. The molecule has 2 N–H and O–H groups in total. The fourth-order valence-electron chi connectivity index (χ4n) is 2.30. The zero-order chi connectivity index (χ0) is 19.0. The van der Waals surface area contributed by atoms with E-state index in [0.717, 1.165) is 12.8 Å². The summed E-state index contributed by atoms with van der Waals surface area (Å²) in [6.07, 6.45) is 1.90. The number of amides is 1. The Morgan fingerprint density at radius 2 is 1.73 bits per heavy atom. The second-order valence-corrected chi connectivity index (χ2v) is 7.35. The van der Waals surface area contributed by atoms with Crippen molar-refractivity contribution in [1.82, 2.24) is 5.32 Å². The van der Waals surface area contributed by atoms with E-state index in [9.17, 15) is 13.2 Å². The number of hydrogen-bond donors (Lipinski definition) is 2. The Morgan fingerprint density at radius 1 is 1.04 bits per heavy atom. The average molecular weight is 376 g/mol. The predicted molar refractivity (Wildman–Crippen MR) is 102 cm³/mol. The molecule has 0 saturated heterocycles. The number of hydrogen-bond acceptors (Lipinski definition) is 4. The largest absolute Gasteiger partial charge is 0.492 e. The van der Waals surface area contributed by atoms with E-state index in [-0.39, 0.29) is 10.8 Å².